The van der Waals surface area contributed by atoms with Crippen molar-refractivity contribution in [1.82, 2.24) is 10.2 Å². The molecule has 0 saturated carbocycles. The molecule has 0 spiro atoms. The van der Waals surface area contributed by atoms with Gasteiger partial charge < -0.3 is 10.1 Å². The van der Waals surface area contributed by atoms with Crippen LogP contribution in [-0.2, 0) is 11.2 Å². The van der Waals surface area contributed by atoms with Crippen LogP contribution in [0.3, 0.4) is 0 Å². The number of likely N-dealkylation sites (tertiary alicyclic amines) is 1. The van der Waals surface area contributed by atoms with Gasteiger partial charge in [-0.05, 0) is 61.7 Å². The smallest absolute Gasteiger partial charge is 0.220 e. The minimum absolute atomic E-state index is 0.0486. The van der Waals surface area contributed by atoms with E-state index in [1.54, 1.807) is 12.1 Å². The summed E-state index contributed by atoms with van der Waals surface area (Å²) >= 11 is 6.41. The number of nitrogens with zero attached hydrogens (tertiary/aromatic N) is 1. The number of methoxy groups -OCH3 is 1. The molecule has 1 aliphatic rings. The summed E-state index contributed by atoms with van der Waals surface area (Å²) in [7, 11) is 1.43. The zero-order valence-corrected chi connectivity index (χ0v) is 16.8. The van der Waals surface area contributed by atoms with Gasteiger partial charge in [-0.15, -0.1) is 0 Å². The van der Waals surface area contributed by atoms with E-state index in [2.05, 4.69) is 10.2 Å². The number of hydrogen-bond donors (Lipinski definition) is 1. The lowest BCUT2D eigenvalue weighted by molar-refractivity contribution is -0.121. The Morgan fingerprint density at radius 3 is 2.68 bits per heavy atom. The van der Waals surface area contributed by atoms with E-state index in [-0.39, 0.29) is 17.7 Å². The molecule has 28 heavy (non-hydrogen) atoms. The summed E-state index contributed by atoms with van der Waals surface area (Å²) in [5, 5.41) is 3.76. The molecular weight excluding hydrogens is 379 g/mol. The molecule has 1 aliphatic heterocycles. The third kappa shape index (κ3) is 5.24. The normalized spacial score (nSPS) is 15.4. The van der Waals surface area contributed by atoms with E-state index in [0.29, 0.717) is 19.4 Å². The molecule has 0 bridgehead atoms. The number of benzene rings is 2. The molecular formula is C22H26ClFN2O2. The molecule has 0 aliphatic carbocycles. The van der Waals surface area contributed by atoms with E-state index in [9.17, 15) is 9.18 Å². The van der Waals surface area contributed by atoms with Crippen molar-refractivity contribution in [1.29, 1.82) is 0 Å². The molecule has 1 N–H and O–H groups in total. The highest BCUT2D eigenvalue weighted by Crippen LogP contribution is 2.29. The lowest BCUT2D eigenvalue weighted by Crippen LogP contribution is -2.37. The van der Waals surface area contributed by atoms with E-state index in [1.807, 2.05) is 24.3 Å². The maximum absolute atomic E-state index is 13.8. The van der Waals surface area contributed by atoms with E-state index >= 15 is 0 Å². The van der Waals surface area contributed by atoms with Crippen LogP contribution in [0, 0.1) is 5.82 Å². The van der Waals surface area contributed by atoms with Gasteiger partial charge in [0.1, 0.15) is 0 Å². The molecule has 1 amide bonds. The quantitative estimate of drug-likeness (QED) is 0.710. The number of nitrogens with one attached hydrogen (secondary N) is 1. The summed E-state index contributed by atoms with van der Waals surface area (Å²) in [4.78, 5) is 14.8. The van der Waals surface area contributed by atoms with Crippen LogP contribution in [0.15, 0.2) is 42.5 Å². The Kier molecular flexibility index (Phi) is 7.29. The molecule has 1 heterocycles. The number of halogens is 2. The van der Waals surface area contributed by atoms with Gasteiger partial charge in [-0.3, -0.25) is 9.69 Å². The number of carbonyl (C=O) groups is 1. The third-order valence-corrected chi connectivity index (χ3v) is 5.54. The van der Waals surface area contributed by atoms with Crippen LogP contribution in [0.2, 0.25) is 5.02 Å². The van der Waals surface area contributed by atoms with Gasteiger partial charge >= 0.3 is 0 Å². The number of ether oxygens (including phenoxy) is 1. The van der Waals surface area contributed by atoms with E-state index in [0.717, 1.165) is 42.1 Å². The zero-order chi connectivity index (χ0) is 19.9. The Morgan fingerprint density at radius 2 is 2.00 bits per heavy atom. The van der Waals surface area contributed by atoms with E-state index < -0.39 is 5.82 Å². The van der Waals surface area contributed by atoms with Crippen molar-refractivity contribution >= 4 is 17.5 Å². The molecule has 1 fully saturated rings. The summed E-state index contributed by atoms with van der Waals surface area (Å²) in [6.07, 6.45) is 3.12. The number of carbonyl (C=O) groups excluding carboxylic acids is 1. The molecule has 0 aromatic heterocycles. The highest BCUT2D eigenvalue weighted by molar-refractivity contribution is 6.31. The molecule has 1 saturated heterocycles. The fraction of sp³-hybridized carbons (Fsp3) is 0.409. The van der Waals surface area contributed by atoms with Gasteiger partial charge in [0.05, 0.1) is 13.2 Å². The first kappa shape index (κ1) is 20.6. The maximum Gasteiger partial charge on any atom is 0.220 e. The number of hydrogen-bond acceptors (Lipinski definition) is 3. The first-order valence-corrected chi connectivity index (χ1v) is 10.0. The second-order valence-corrected chi connectivity index (χ2v) is 7.46. The van der Waals surface area contributed by atoms with Crippen LogP contribution >= 0.6 is 11.6 Å². The molecule has 6 heteroatoms. The summed E-state index contributed by atoms with van der Waals surface area (Å²) < 4.78 is 18.7. The lowest BCUT2D eigenvalue weighted by atomic mass is 10.0. The van der Waals surface area contributed by atoms with Crippen LogP contribution in [-0.4, -0.2) is 37.6 Å². The monoisotopic (exact) mass is 404 g/mol. The second kappa shape index (κ2) is 9.89. The molecule has 0 radical (unpaired) electrons. The predicted molar refractivity (Wildman–Crippen MR) is 109 cm³/mol. The summed E-state index contributed by atoms with van der Waals surface area (Å²) in [5.74, 6) is -0.248. The van der Waals surface area contributed by atoms with Crippen LogP contribution in [0.1, 0.15) is 36.4 Å². The van der Waals surface area contributed by atoms with Crippen LogP contribution < -0.4 is 10.1 Å². The fourth-order valence-electron chi connectivity index (χ4n) is 3.66. The van der Waals surface area contributed by atoms with Gasteiger partial charge in [0.2, 0.25) is 5.91 Å². The van der Waals surface area contributed by atoms with Crippen LogP contribution in [0.4, 0.5) is 4.39 Å². The van der Waals surface area contributed by atoms with Crippen molar-refractivity contribution in [3.8, 4) is 5.75 Å². The zero-order valence-electron chi connectivity index (χ0n) is 16.1. The minimum Gasteiger partial charge on any atom is -0.494 e. The summed E-state index contributed by atoms with van der Waals surface area (Å²) in [6.45, 7) is 2.54. The van der Waals surface area contributed by atoms with Crippen LogP contribution in [0.25, 0.3) is 0 Å². The topological polar surface area (TPSA) is 41.6 Å². The molecule has 2 aromatic carbocycles. The highest BCUT2D eigenvalue weighted by atomic mass is 35.5. The predicted octanol–water partition coefficient (Wildman–Crippen LogP) is 4.37. The second-order valence-electron chi connectivity index (χ2n) is 7.05. The standard InChI is InChI=1S/C22H26ClFN2O2/c1-28-21-10-8-16(14-19(21)24)9-11-22(27)25-15-20(26-12-4-5-13-26)17-6-2-3-7-18(17)23/h2-3,6-8,10,14,20H,4-5,9,11-13,15H2,1H3,(H,25,27). The van der Waals surface area contributed by atoms with Crippen molar-refractivity contribution < 1.29 is 13.9 Å². The van der Waals surface area contributed by atoms with Crippen molar-refractivity contribution in [2.24, 2.45) is 0 Å². The molecule has 150 valence electrons. The molecule has 1 atom stereocenters. The van der Waals surface area contributed by atoms with Crippen molar-refractivity contribution in [3.05, 3.63) is 64.4 Å². The average molecular weight is 405 g/mol. The molecule has 2 aromatic rings. The minimum atomic E-state index is -0.409. The summed E-state index contributed by atoms with van der Waals surface area (Å²) in [5.41, 5.74) is 1.82. The number of rotatable bonds is 8. The van der Waals surface area contributed by atoms with Gasteiger partial charge in [-0.1, -0.05) is 35.9 Å². The van der Waals surface area contributed by atoms with Crippen molar-refractivity contribution in [3.63, 3.8) is 0 Å². The van der Waals surface area contributed by atoms with Crippen LogP contribution in [0.5, 0.6) is 5.75 Å². The number of amides is 1. The largest absolute Gasteiger partial charge is 0.494 e. The Labute approximate surface area is 170 Å². The Morgan fingerprint density at radius 1 is 1.25 bits per heavy atom. The highest BCUT2D eigenvalue weighted by Gasteiger charge is 2.25. The first-order valence-electron chi connectivity index (χ1n) is 9.66. The Balaban J connectivity index is 1.57. The first-order chi connectivity index (χ1) is 13.6. The Bertz CT molecular complexity index is 809. The molecule has 3 rings (SSSR count). The molecule has 4 nitrogen and oxygen atoms in total. The van der Waals surface area contributed by atoms with Crippen molar-refractivity contribution in [2.45, 2.75) is 31.7 Å². The Hall–Kier alpha value is -2.11. The van der Waals surface area contributed by atoms with E-state index in [1.165, 1.54) is 13.2 Å². The lowest BCUT2D eigenvalue weighted by Gasteiger charge is -2.29. The van der Waals surface area contributed by atoms with Gasteiger partial charge in [-0.2, -0.15) is 0 Å². The summed E-state index contributed by atoms with van der Waals surface area (Å²) in [6, 6.07) is 12.7. The van der Waals surface area contributed by atoms with Gasteiger partial charge in [0.25, 0.3) is 0 Å². The third-order valence-electron chi connectivity index (χ3n) is 5.20. The van der Waals surface area contributed by atoms with E-state index in [4.69, 9.17) is 16.3 Å². The maximum atomic E-state index is 13.8. The van der Waals surface area contributed by atoms with Gasteiger partial charge in [-0.25, -0.2) is 4.39 Å². The molecule has 1 unspecified atom stereocenters. The van der Waals surface area contributed by atoms with Crippen molar-refractivity contribution in [2.75, 3.05) is 26.7 Å². The van der Waals surface area contributed by atoms with Gasteiger partial charge in [0.15, 0.2) is 11.6 Å². The number of aryl methyl sites for hydroxylation is 1. The fourth-order valence-corrected chi connectivity index (χ4v) is 3.92. The van der Waals surface area contributed by atoms with Gasteiger partial charge in [0, 0.05) is 18.0 Å². The SMILES string of the molecule is COc1ccc(CCC(=O)NCC(c2ccccc2Cl)N2CCCC2)cc1F. The average Bonchev–Trinajstić information content (AvgIpc) is 3.22.